The van der Waals surface area contributed by atoms with Crippen molar-refractivity contribution in [3.8, 4) is 0 Å². The van der Waals surface area contributed by atoms with Crippen molar-refractivity contribution in [2.45, 2.75) is 82.6 Å². The Bertz CT molecular complexity index is 633. The molecule has 1 aromatic carbocycles. The monoisotopic (exact) mass is 391 g/mol. The molecule has 6 nitrogen and oxygen atoms in total. The van der Waals surface area contributed by atoms with Gasteiger partial charge in [0, 0.05) is 6.54 Å². The van der Waals surface area contributed by atoms with E-state index in [2.05, 4.69) is 24.0 Å². The van der Waals surface area contributed by atoms with Gasteiger partial charge in [-0.3, -0.25) is 0 Å². The first kappa shape index (κ1) is 20.3. The summed E-state index contributed by atoms with van der Waals surface area (Å²) >= 11 is 0. The third-order valence-electron chi connectivity index (χ3n) is 5.91. The van der Waals surface area contributed by atoms with Gasteiger partial charge in [0.25, 0.3) is 0 Å². The number of fused-ring (bicyclic) bond motifs is 1. The topological polar surface area (TPSA) is 60.4 Å². The Kier molecular flexibility index (Phi) is 6.06. The molecule has 3 aliphatic rings. The molecule has 1 unspecified atom stereocenters. The third-order valence-corrected chi connectivity index (χ3v) is 5.91. The average Bonchev–Trinajstić information content (AvgIpc) is 3.36. The van der Waals surface area contributed by atoms with Crippen molar-refractivity contribution >= 4 is 0 Å². The van der Waals surface area contributed by atoms with Crippen LogP contribution in [-0.2, 0) is 18.9 Å². The molecule has 3 heterocycles. The van der Waals surface area contributed by atoms with Gasteiger partial charge in [0.1, 0.15) is 18.3 Å². The maximum atomic E-state index is 10.9. The van der Waals surface area contributed by atoms with E-state index >= 15 is 0 Å². The Hall–Kier alpha value is -1.02. The van der Waals surface area contributed by atoms with Gasteiger partial charge in [-0.15, -0.1) is 0 Å². The number of ether oxygens (including phenoxy) is 4. The van der Waals surface area contributed by atoms with Crippen LogP contribution in [0.2, 0.25) is 0 Å². The van der Waals surface area contributed by atoms with E-state index in [1.54, 1.807) is 0 Å². The maximum absolute atomic E-state index is 10.9. The molecule has 6 heteroatoms. The zero-order valence-corrected chi connectivity index (χ0v) is 17.1. The molecule has 28 heavy (non-hydrogen) atoms. The molecule has 0 aliphatic carbocycles. The Balaban J connectivity index is 1.48. The van der Waals surface area contributed by atoms with Crippen LogP contribution in [0.25, 0.3) is 0 Å². The van der Waals surface area contributed by atoms with E-state index in [9.17, 15) is 5.11 Å². The largest absolute Gasteiger partial charge is 0.389 e. The Labute approximate surface area is 167 Å². The molecule has 0 aromatic heterocycles. The zero-order chi connectivity index (χ0) is 19.7. The van der Waals surface area contributed by atoms with Crippen molar-refractivity contribution in [2.24, 2.45) is 0 Å². The van der Waals surface area contributed by atoms with Crippen molar-refractivity contribution in [1.82, 2.24) is 4.90 Å². The molecule has 3 aliphatic heterocycles. The van der Waals surface area contributed by atoms with Crippen LogP contribution < -0.4 is 0 Å². The quantitative estimate of drug-likeness (QED) is 0.771. The van der Waals surface area contributed by atoms with Gasteiger partial charge in [-0.05, 0) is 51.8 Å². The molecule has 1 N–H and O–H groups in total. The molecular weight excluding hydrogens is 358 g/mol. The van der Waals surface area contributed by atoms with Crippen molar-refractivity contribution in [2.75, 3.05) is 19.6 Å². The summed E-state index contributed by atoms with van der Waals surface area (Å²) in [5.74, 6) is -0.708. The zero-order valence-electron chi connectivity index (χ0n) is 17.1. The van der Waals surface area contributed by atoms with Gasteiger partial charge in [0.15, 0.2) is 12.1 Å². The number of hydrogen-bond acceptors (Lipinski definition) is 6. The SMILES string of the molecule is CCC(O[C@H]1O[C@H]([C@H](O)CN2CCCC2)[C@@H]2OC(C)(C)O[C@H]12)c1ccccc1. The summed E-state index contributed by atoms with van der Waals surface area (Å²) in [6.45, 7) is 8.57. The fourth-order valence-electron chi connectivity index (χ4n) is 4.58. The van der Waals surface area contributed by atoms with E-state index in [0.717, 1.165) is 25.1 Å². The van der Waals surface area contributed by atoms with Crippen LogP contribution in [0.4, 0.5) is 0 Å². The first-order valence-electron chi connectivity index (χ1n) is 10.6. The predicted octanol–water partition coefficient (Wildman–Crippen LogP) is 2.86. The van der Waals surface area contributed by atoms with E-state index in [0.29, 0.717) is 6.54 Å². The number of aliphatic hydroxyl groups is 1. The summed E-state index contributed by atoms with van der Waals surface area (Å²) in [5.41, 5.74) is 1.12. The molecule has 156 valence electrons. The van der Waals surface area contributed by atoms with E-state index in [-0.39, 0.29) is 18.3 Å². The van der Waals surface area contributed by atoms with Crippen molar-refractivity contribution in [3.05, 3.63) is 35.9 Å². The van der Waals surface area contributed by atoms with Gasteiger partial charge in [0.2, 0.25) is 0 Å². The number of β-amino-alcohol motifs (C(OH)–C–C–N with tert-alkyl or cyclic N) is 1. The first-order valence-corrected chi connectivity index (χ1v) is 10.6. The highest BCUT2D eigenvalue weighted by Gasteiger charge is 2.58. The lowest BCUT2D eigenvalue weighted by Gasteiger charge is -2.29. The Morgan fingerprint density at radius 1 is 1.14 bits per heavy atom. The molecule has 1 aromatic rings. The van der Waals surface area contributed by atoms with E-state index in [1.807, 2.05) is 32.0 Å². The molecule has 0 saturated carbocycles. The number of hydrogen-bond donors (Lipinski definition) is 1. The number of nitrogens with zero attached hydrogens (tertiary/aromatic N) is 1. The van der Waals surface area contributed by atoms with E-state index < -0.39 is 24.3 Å². The van der Waals surface area contributed by atoms with E-state index in [4.69, 9.17) is 18.9 Å². The Morgan fingerprint density at radius 3 is 2.50 bits per heavy atom. The third kappa shape index (κ3) is 4.27. The van der Waals surface area contributed by atoms with Gasteiger partial charge in [-0.2, -0.15) is 0 Å². The van der Waals surface area contributed by atoms with Crippen molar-refractivity contribution < 1.29 is 24.1 Å². The normalized spacial score (nSPS) is 34.4. The summed E-state index contributed by atoms with van der Waals surface area (Å²) < 4.78 is 24.8. The molecule has 0 spiro atoms. The first-order chi connectivity index (χ1) is 13.5. The fraction of sp³-hybridized carbons (Fsp3) is 0.727. The summed E-state index contributed by atoms with van der Waals surface area (Å²) in [4.78, 5) is 2.29. The smallest absolute Gasteiger partial charge is 0.187 e. The Morgan fingerprint density at radius 2 is 1.82 bits per heavy atom. The fourth-order valence-corrected chi connectivity index (χ4v) is 4.58. The number of benzene rings is 1. The molecule has 3 saturated heterocycles. The van der Waals surface area contributed by atoms with Crippen LogP contribution in [0.1, 0.15) is 51.7 Å². The van der Waals surface area contributed by atoms with Crippen LogP contribution in [0.3, 0.4) is 0 Å². The molecule has 6 atom stereocenters. The lowest BCUT2D eigenvalue weighted by Crippen LogP contribution is -2.44. The standard InChI is InChI=1S/C22H33NO5/c1-4-17(15-10-6-5-7-11-15)25-21-20-19(27-22(2,3)28-20)18(26-21)16(24)14-23-12-8-9-13-23/h5-7,10-11,16-21,24H,4,8-9,12-14H2,1-3H3/t16-,17?,18-,19+,20+,21+/m1/s1. The maximum Gasteiger partial charge on any atom is 0.187 e. The van der Waals surface area contributed by atoms with Gasteiger partial charge in [-0.25, -0.2) is 0 Å². The minimum Gasteiger partial charge on any atom is -0.389 e. The van der Waals surface area contributed by atoms with Crippen molar-refractivity contribution in [1.29, 1.82) is 0 Å². The minimum atomic E-state index is -0.708. The van der Waals surface area contributed by atoms with Crippen LogP contribution in [0, 0.1) is 0 Å². The molecule has 0 bridgehead atoms. The van der Waals surface area contributed by atoms with Crippen LogP contribution in [0.5, 0.6) is 0 Å². The molecule has 4 rings (SSSR count). The molecule has 3 fully saturated rings. The van der Waals surface area contributed by atoms with E-state index in [1.165, 1.54) is 12.8 Å². The summed E-state index contributed by atoms with van der Waals surface area (Å²) in [5, 5.41) is 10.9. The van der Waals surface area contributed by atoms with Gasteiger partial charge >= 0.3 is 0 Å². The summed E-state index contributed by atoms with van der Waals surface area (Å²) in [6, 6.07) is 10.2. The lowest BCUT2D eigenvalue weighted by atomic mass is 10.0. The second-order valence-electron chi connectivity index (χ2n) is 8.55. The highest BCUT2D eigenvalue weighted by Crippen LogP contribution is 2.42. The predicted molar refractivity (Wildman–Crippen MR) is 105 cm³/mol. The second kappa shape index (κ2) is 8.38. The summed E-state index contributed by atoms with van der Waals surface area (Å²) in [7, 11) is 0. The molecule has 0 amide bonds. The number of aliphatic hydroxyl groups excluding tert-OH is 1. The van der Waals surface area contributed by atoms with Gasteiger partial charge in [-0.1, -0.05) is 37.3 Å². The molecular formula is C22H33NO5. The van der Waals surface area contributed by atoms with Crippen LogP contribution in [0.15, 0.2) is 30.3 Å². The number of rotatable bonds is 7. The summed E-state index contributed by atoms with van der Waals surface area (Å²) in [6.07, 6.45) is 0.808. The van der Waals surface area contributed by atoms with Crippen LogP contribution in [-0.4, -0.2) is 66.1 Å². The highest BCUT2D eigenvalue weighted by atomic mass is 16.8. The number of likely N-dealkylation sites (tertiary alicyclic amines) is 1. The minimum absolute atomic E-state index is 0.0892. The van der Waals surface area contributed by atoms with Gasteiger partial charge in [0.05, 0.1) is 12.2 Å². The average molecular weight is 392 g/mol. The second-order valence-corrected chi connectivity index (χ2v) is 8.55. The molecule has 0 radical (unpaired) electrons. The lowest BCUT2D eigenvalue weighted by molar-refractivity contribution is -0.255. The van der Waals surface area contributed by atoms with Crippen molar-refractivity contribution in [3.63, 3.8) is 0 Å². The highest BCUT2D eigenvalue weighted by molar-refractivity contribution is 5.17. The van der Waals surface area contributed by atoms with Crippen LogP contribution >= 0.6 is 0 Å². The van der Waals surface area contributed by atoms with Gasteiger partial charge < -0.3 is 29.0 Å².